The summed E-state index contributed by atoms with van der Waals surface area (Å²) < 4.78 is 13.4. The molecule has 1 saturated heterocycles. The van der Waals surface area contributed by atoms with Crippen LogP contribution in [0.5, 0.6) is 5.75 Å². The smallest absolute Gasteiger partial charge is 0.123 e. The molecule has 2 fully saturated rings. The largest absolute Gasteiger partial charge is 0.491 e. The summed E-state index contributed by atoms with van der Waals surface area (Å²) in [6.45, 7) is 0.670. The Morgan fingerprint density at radius 1 is 1.25 bits per heavy atom. The zero-order valence-electron chi connectivity index (χ0n) is 11.5. The molecule has 1 spiro atoms. The molecule has 0 amide bonds. The van der Waals surface area contributed by atoms with Crippen molar-refractivity contribution in [1.29, 1.82) is 0 Å². The second kappa shape index (κ2) is 6.37. The molecule has 110 valence electrons. The molecule has 0 radical (unpaired) electrons. The van der Waals surface area contributed by atoms with Crippen molar-refractivity contribution >= 4 is 31.9 Å². The molecule has 1 aromatic rings. The third-order valence-corrected chi connectivity index (χ3v) is 5.54. The lowest BCUT2D eigenvalue weighted by atomic mass is 9.98. The lowest BCUT2D eigenvalue weighted by molar-refractivity contribution is -0.0509. The van der Waals surface area contributed by atoms with Crippen LogP contribution in [0.1, 0.15) is 44.1 Å². The van der Waals surface area contributed by atoms with Gasteiger partial charge in [-0.15, -0.1) is 0 Å². The second-order valence-corrected chi connectivity index (χ2v) is 7.34. The molecule has 1 unspecified atom stereocenters. The Hall–Kier alpha value is -0.0600. The topological polar surface area (TPSA) is 18.5 Å². The second-order valence-electron chi connectivity index (χ2n) is 5.87. The van der Waals surface area contributed by atoms with Crippen LogP contribution < -0.4 is 4.74 Å². The Labute approximate surface area is 137 Å². The fourth-order valence-corrected chi connectivity index (χ4v) is 4.22. The minimum atomic E-state index is 0.200. The van der Waals surface area contributed by atoms with Crippen molar-refractivity contribution < 1.29 is 9.47 Å². The van der Waals surface area contributed by atoms with Crippen LogP contribution in [0.3, 0.4) is 0 Å². The van der Waals surface area contributed by atoms with E-state index in [1.807, 2.05) is 12.1 Å². The number of hydrogen-bond acceptors (Lipinski definition) is 2. The molecule has 1 aromatic carbocycles. The standard InChI is InChI=1S/C16H20Br2O2/c17-10-12-9-13(18)3-4-15(12)19-11-14-5-8-16(20-14)6-1-2-7-16/h3-4,9,14H,1-2,5-8,10-11H2. The van der Waals surface area contributed by atoms with E-state index in [-0.39, 0.29) is 11.7 Å². The van der Waals surface area contributed by atoms with Crippen molar-refractivity contribution in [3.05, 3.63) is 28.2 Å². The summed E-state index contributed by atoms with van der Waals surface area (Å²) >= 11 is 7.01. The van der Waals surface area contributed by atoms with Gasteiger partial charge in [-0.05, 0) is 43.9 Å². The average molecular weight is 404 g/mol. The summed E-state index contributed by atoms with van der Waals surface area (Å²) in [7, 11) is 0. The van der Waals surface area contributed by atoms with Crippen molar-refractivity contribution in [2.45, 2.75) is 55.6 Å². The Morgan fingerprint density at radius 2 is 2.05 bits per heavy atom. The van der Waals surface area contributed by atoms with Gasteiger partial charge in [-0.3, -0.25) is 0 Å². The number of rotatable bonds is 4. The molecule has 2 aliphatic rings. The minimum absolute atomic E-state index is 0.200. The summed E-state index contributed by atoms with van der Waals surface area (Å²) in [5, 5.41) is 0.803. The summed E-state index contributed by atoms with van der Waals surface area (Å²) in [5.41, 5.74) is 1.37. The zero-order chi connectivity index (χ0) is 14.0. The van der Waals surface area contributed by atoms with Gasteiger partial charge in [-0.25, -0.2) is 0 Å². The van der Waals surface area contributed by atoms with E-state index in [2.05, 4.69) is 37.9 Å². The number of halogens is 2. The molecular weight excluding hydrogens is 384 g/mol. The van der Waals surface area contributed by atoms with Gasteiger partial charge in [0.2, 0.25) is 0 Å². The maximum absolute atomic E-state index is 6.28. The first-order valence-electron chi connectivity index (χ1n) is 7.36. The van der Waals surface area contributed by atoms with Gasteiger partial charge in [0.1, 0.15) is 12.4 Å². The van der Waals surface area contributed by atoms with Gasteiger partial charge in [0.05, 0.1) is 11.7 Å². The number of ether oxygens (including phenoxy) is 2. The van der Waals surface area contributed by atoms with E-state index < -0.39 is 0 Å². The SMILES string of the molecule is BrCc1cc(Br)ccc1OCC1CCC2(CCCC2)O1. The molecule has 1 atom stereocenters. The number of benzene rings is 1. The van der Waals surface area contributed by atoms with Gasteiger partial charge < -0.3 is 9.47 Å². The van der Waals surface area contributed by atoms with Crippen LogP contribution in [0.2, 0.25) is 0 Å². The maximum atomic E-state index is 6.28. The molecule has 2 nitrogen and oxygen atoms in total. The van der Waals surface area contributed by atoms with E-state index >= 15 is 0 Å². The van der Waals surface area contributed by atoms with Crippen LogP contribution in [0.25, 0.3) is 0 Å². The molecule has 1 heterocycles. The van der Waals surface area contributed by atoms with Crippen LogP contribution in [0.4, 0.5) is 0 Å². The Bertz CT molecular complexity index is 470. The Kier molecular flexibility index (Phi) is 4.73. The predicted molar refractivity (Wildman–Crippen MR) is 87.6 cm³/mol. The van der Waals surface area contributed by atoms with Crippen LogP contribution >= 0.6 is 31.9 Å². The number of hydrogen-bond donors (Lipinski definition) is 0. The lowest BCUT2D eigenvalue weighted by Crippen LogP contribution is -2.27. The average Bonchev–Trinajstić information content (AvgIpc) is 3.08. The van der Waals surface area contributed by atoms with Crippen molar-refractivity contribution in [2.24, 2.45) is 0 Å². The van der Waals surface area contributed by atoms with E-state index in [1.54, 1.807) is 0 Å². The Balaban J connectivity index is 1.57. The van der Waals surface area contributed by atoms with E-state index in [4.69, 9.17) is 9.47 Å². The molecule has 0 aromatic heterocycles. The molecule has 3 rings (SSSR count). The first-order valence-corrected chi connectivity index (χ1v) is 9.27. The van der Waals surface area contributed by atoms with Gasteiger partial charge in [-0.2, -0.15) is 0 Å². The Morgan fingerprint density at radius 3 is 2.80 bits per heavy atom. The van der Waals surface area contributed by atoms with Crippen LogP contribution in [-0.4, -0.2) is 18.3 Å². The highest BCUT2D eigenvalue weighted by molar-refractivity contribution is 9.10. The van der Waals surface area contributed by atoms with E-state index in [1.165, 1.54) is 37.7 Å². The fraction of sp³-hybridized carbons (Fsp3) is 0.625. The van der Waals surface area contributed by atoms with Crippen molar-refractivity contribution in [3.63, 3.8) is 0 Å². The van der Waals surface area contributed by atoms with Gasteiger partial charge in [0, 0.05) is 15.4 Å². The normalized spacial score (nSPS) is 24.4. The van der Waals surface area contributed by atoms with Gasteiger partial charge >= 0.3 is 0 Å². The molecule has 1 aliphatic heterocycles. The van der Waals surface area contributed by atoms with Crippen molar-refractivity contribution in [2.75, 3.05) is 6.61 Å². The molecule has 1 aliphatic carbocycles. The summed E-state index contributed by atoms with van der Waals surface area (Å²) in [4.78, 5) is 0. The molecule has 1 saturated carbocycles. The summed E-state index contributed by atoms with van der Waals surface area (Å²) in [5.74, 6) is 0.959. The first-order chi connectivity index (χ1) is 9.71. The van der Waals surface area contributed by atoms with Gasteiger partial charge in [0.25, 0.3) is 0 Å². The fourth-order valence-electron chi connectivity index (χ4n) is 3.38. The molecule has 0 bridgehead atoms. The van der Waals surface area contributed by atoms with Crippen LogP contribution in [-0.2, 0) is 10.1 Å². The predicted octanol–water partition coefficient (Wildman–Crippen LogP) is 5.21. The minimum Gasteiger partial charge on any atom is -0.491 e. The van der Waals surface area contributed by atoms with Gasteiger partial charge in [0.15, 0.2) is 0 Å². The lowest BCUT2D eigenvalue weighted by Gasteiger charge is -2.24. The third kappa shape index (κ3) is 3.23. The van der Waals surface area contributed by atoms with Crippen molar-refractivity contribution in [1.82, 2.24) is 0 Å². The quantitative estimate of drug-likeness (QED) is 0.642. The molecule has 4 heteroatoms. The summed E-state index contributed by atoms with van der Waals surface area (Å²) in [6.07, 6.45) is 7.76. The zero-order valence-corrected chi connectivity index (χ0v) is 14.7. The van der Waals surface area contributed by atoms with E-state index in [0.717, 1.165) is 22.0 Å². The first kappa shape index (κ1) is 14.9. The highest BCUT2D eigenvalue weighted by Crippen LogP contribution is 2.43. The summed E-state index contributed by atoms with van der Waals surface area (Å²) in [6, 6.07) is 6.15. The maximum Gasteiger partial charge on any atom is 0.123 e. The van der Waals surface area contributed by atoms with Crippen molar-refractivity contribution in [3.8, 4) is 5.75 Å². The van der Waals surface area contributed by atoms with E-state index in [9.17, 15) is 0 Å². The highest BCUT2D eigenvalue weighted by Gasteiger charge is 2.42. The van der Waals surface area contributed by atoms with E-state index in [0.29, 0.717) is 6.61 Å². The monoisotopic (exact) mass is 402 g/mol. The molecule has 0 N–H and O–H groups in total. The number of alkyl halides is 1. The third-order valence-electron chi connectivity index (χ3n) is 4.44. The molecule has 20 heavy (non-hydrogen) atoms. The van der Waals surface area contributed by atoms with Gasteiger partial charge in [-0.1, -0.05) is 44.7 Å². The molecular formula is C16H20Br2O2. The highest BCUT2D eigenvalue weighted by atomic mass is 79.9. The van der Waals surface area contributed by atoms with Crippen LogP contribution in [0.15, 0.2) is 22.7 Å². The van der Waals surface area contributed by atoms with Crippen LogP contribution in [0, 0.1) is 0 Å².